The van der Waals surface area contributed by atoms with Gasteiger partial charge < -0.3 is 9.64 Å². The summed E-state index contributed by atoms with van der Waals surface area (Å²) in [6.07, 6.45) is 0.913. The Kier molecular flexibility index (Phi) is 3.25. The van der Waals surface area contributed by atoms with Crippen LogP contribution in [0.25, 0.3) is 0 Å². The molecule has 19 heavy (non-hydrogen) atoms. The number of methoxy groups -OCH3 is 1. The molecule has 1 amide bonds. The lowest BCUT2D eigenvalue weighted by molar-refractivity contribution is 0.0739. The summed E-state index contributed by atoms with van der Waals surface area (Å²) in [6, 6.07) is 9.91. The fourth-order valence-electron chi connectivity index (χ4n) is 2.39. The van der Waals surface area contributed by atoms with Crippen molar-refractivity contribution in [1.29, 1.82) is 0 Å². The Labute approximate surface area is 116 Å². The first-order valence-electron chi connectivity index (χ1n) is 6.26. The third-order valence-corrected chi connectivity index (χ3v) is 4.30. The average Bonchev–Trinajstić information content (AvgIpc) is 2.99. The molecule has 0 radical (unpaired) electrons. The second kappa shape index (κ2) is 5.05. The summed E-state index contributed by atoms with van der Waals surface area (Å²) in [6.45, 7) is 1.46. The van der Waals surface area contributed by atoms with Gasteiger partial charge in [-0.15, -0.1) is 11.3 Å². The highest BCUT2D eigenvalue weighted by atomic mass is 32.1. The smallest absolute Gasteiger partial charge is 0.264 e. The Morgan fingerprint density at radius 2 is 2.21 bits per heavy atom. The van der Waals surface area contributed by atoms with Crippen molar-refractivity contribution in [3.8, 4) is 5.75 Å². The van der Waals surface area contributed by atoms with E-state index in [4.69, 9.17) is 4.74 Å². The zero-order valence-electron chi connectivity index (χ0n) is 10.8. The number of ether oxygens (including phenoxy) is 1. The van der Waals surface area contributed by atoms with Crippen LogP contribution in [0.5, 0.6) is 5.75 Å². The molecule has 0 fully saturated rings. The first kappa shape index (κ1) is 12.2. The highest BCUT2D eigenvalue weighted by molar-refractivity contribution is 7.12. The van der Waals surface area contributed by atoms with Crippen molar-refractivity contribution in [2.24, 2.45) is 0 Å². The molecule has 3 rings (SSSR count). The third-order valence-electron chi connectivity index (χ3n) is 3.44. The maximum atomic E-state index is 12.3. The van der Waals surface area contributed by atoms with Gasteiger partial charge in [0.05, 0.1) is 12.0 Å². The number of hydrogen-bond acceptors (Lipinski definition) is 3. The second-order valence-corrected chi connectivity index (χ2v) is 5.54. The molecule has 0 atom stereocenters. The summed E-state index contributed by atoms with van der Waals surface area (Å²) in [4.78, 5) is 15.1. The maximum Gasteiger partial charge on any atom is 0.264 e. The van der Waals surface area contributed by atoms with Crippen LogP contribution in [0.1, 0.15) is 20.8 Å². The van der Waals surface area contributed by atoms with E-state index in [9.17, 15) is 4.79 Å². The van der Waals surface area contributed by atoms with Crippen LogP contribution in [-0.4, -0.2) is 24.5 Å². The number of rotatable bonds is 2. The molecular weight excluding hydrogens is 258 g/mol. The average molecular weight is 273 g/mol. The second-order valence-electron chi connectivity index (χ2n) is 4.59. The Bertz CT molecular complexity index is 592. The standard InChI is InChI=1S/C15H15NO2S/c1-18-13-5-4-11-6-7-16(10-12(11)9-13)15(17)14-3-2-8-19-14/h2-5,8-9H,6-7,10H2,1H3. The monoisotopic (exact) mass is 273 g/mol. The molecule has 4 heteroatoms. The number of amides is 1. The maximum absolute atomic E-state index is 12.3. The number of carbonyl (C=O) groups excluding carboxylic acids is 1. The van der Waals surface area contributed by atoms with E-state index in [0.717, 1.165) is 23.6 Å². The van der Waals surface area contributed by atoms with E-state index in [2.05, 4.69) is 6.07 Å². The van der Waals surface area contributed by atoms with E-state index >= 15 is 0 Å². The Morgan fingerprint density at radius 3 is 2.95 bits per heavy atom. The fourth-order valence-corrected chi connectivity index (χ4v) is 3.08. The minimum atomic E-state index is 0.128. The van der Waals surface area contributed by atoms with Crippen molar-refractivity contribution in [3.05, 3.63) is 51.7 Å². The van der Waals surface area contributed by atoms with Crippen molar-refractivity contribution in [3.63, 3.8) is 0 Å². The summed E-state index contributed by atoms with van der Waals surface area (Å²) in [7, 11) is 1.67. The predicted molar refractivity (Wildman–Crippen MR) is 75.8 cm³/mol. The molecule has 2 aromatic rings. The number of fused-ring (bicyclic) bond motifs is 1. The van der Waals surface area contributed by atoms with Crippen LogP contribution in [0, 0.1) is 0 Å². The molecule has 0 spiro atoms. The van der Waals surface area contributed by atoms with E-state index in [1.54, 1.807) is 7.11 Å². The molecule has 2 heterocycles. The summed E-state index contributed by atoms with van der Waals surface area (Å²) in [5, 5.41) is 1.94. The number of hydrogen-bond donors (Lipinski definition) is 0. The van der Waals surface area contributed by atoms with Gasteiger partial charge in [0, 0.05) is 13.1 Å². The summed E-state index contributed by atoms with van der Waals surface area (Å²) in [5.41, 5.74) is 2.51. The molecule has 0 bridgehead atoms. The lowest BCUT2D eigenvalue weighted by Crippen LogP contribution is -2.35. The lowest BCUT2D eigenvalue weighted by atomic mass is 9.99. The minimum Gasteiger partial charge on any atom is -0.497 e. The van der Waals surface area contributed by atoms with E-state index in [1.807, 2.05) is 34.5 Å². The molecular formula is C15H15NO2S. The highest BCUT2D eigenvalue weighted by Crippen LogP contribution is 2.25. The first-order chi connectivity index (χ1) is 9.28. The van der Waals surface area contributed by atoms with Crippen LogP contribution in [0.15, 0.2) is 35.7 Å². The molecule has 0 N–H and O–H groups in total. The Morgan fingerprint density at radius 1 is 1.32 bits per heavy atom. The van der Waals surface area contributed by atoms with Gasteiger partial charge in [-0.2, -0.15) is 0 Å². The Balaban J connectivity index is 1.83. The highest BCUT2D eigenvalue weighted by Gasteiger charge is 2.22. The summed E-state index contributed by atoms with van der Waals surface area (Å²) < 4.78 is 5.25. The molecule has 0 unspecified atom stereocenters. The van der Waals surface area contributed by atoms with Crippen LogP contribution in [-0.2, 0) is 13.0 Å². The van der Waals surface area contributed by atoms with Gasteiger partial charge in [0.25, 0.3) is 5.91 Å². The minimum absolute atomic E-state index is 0.128. The Hall–Kier alpha value is -1.81. The van der Waals surface area contributed by atoms with Gasteiger partial charge in [-0.25, -0.2) is 0 Å². The van der Waals surface area contributed by atoms with Gasteiger partial charge in [0.15, 0.2) is 0 Å². The van der Waals surface area contributed by atoms with Crippen LogP contribution < -0.4 is 4.74 Å². The molecule has 1 aliphatic rings. The van der Waals surface area contributed by atoms with Gasteiger partial charge in [-0.3, -0.25) is 4.79 Å². The molecule has 0 saturated carbocycles. The van der Waals surface area contributed by atoms with Crippen molar-refractivity contribution in [1.82, 2.24) is 4.90 Å². The number of carbonyl (C=O) groups is 1. The zero-order valence-corrected chi connectivity index (χ0v) is 11.6. The van der Waals surface area contributed by atoms with E-state index in [1.165, 1.54) is 22.5 Å². The van der Waals surface area contributed by atoms with Gasteiger partial charge >= 0.3 is 0 Å². The molecule has 0 aliphatic carbocycles. The summed E-state index contributed by atoms with van der Waals surface area (Å²) in [5.74, 6) is 0.979. The topological polar surface area (TPSA) is 29.5 Å². The van der Waals surface area contributed by atoms with Crippen LogP contribution >= 0.6 is 11.3 Å². The lowest BCUT2D eigenvalue weighted by Gasteiger charge is -2.28. The SMILES string of the molecule is COc1ccc2c(c1)CN(C(=O)c1cccs1)CC2. The van der Waals surface area contributed by atoms with Gasteiger partial charge in [0.1, 0.15) is 5.75 Å². The summed E-state index contributed by atoms with van der Waals surface area (Å²) >= 11 is 1.50. The van der Waals surface area contributed by atoms with Gasteiger partial charge in [-0.1, -0.05) is 12.1 Å². The molecule has 1 aromatic carbocycles. The molecule has 1 aliphatic heterocycles. The van der Waals surface area contributed by atoms with E-state index in [0.29, 0.717) is 6.54 Å². The number of thiophene rings is 1. The van der Waals surface area contributed by atoms with Gasteiger partial charge in [-0.05, 0) is 41.1 Å². The first-order valence-corrected chi connectivity index (χ1v) is 7.14. The van der Waals surface area contributed by atoms with Crippen LogP contribution in [0.3, 0.4) is 0 Å². The van der Waals surface area contributed by atoms with Crippen molar-refractivity contribution in [2.75, 3.05) is 13.7 Å². The normalized spacial score (nSPS) is 14.1. The van der Waals surface area contributed by atoms with E-state index < -0.39 is 0 Å². The molecule has 1 aromatic heterocycles. The quantitative estimate of drug-likeness (QED) is 0.842. The molecule has 3 nitrogen and oxygen atoms in total. The molecule has 0 saturated heterocycles. The fraction of sp³-hybridized carbons (Fsp3) is 0.267. The predicted octanol–water partition coefficient (Wildman–Crippen LogP) is 2.96. The van der Waals surface area contributed by atoms with Crippen LogP contribution in [0.4, 0.5) is 0 Å². The number of nitrogens with zero attached hydrogens (tertiary/aromatic N) is 1. The van der Waals surface area contributed by atoms with Crippen molar-refractivity contribution < 1.29 is 9.53 Å². The van der Waals surface area contributed by atoms with Gasteiger partial charge in [0.2, 0.25) is 0 Å². The molecule has 98 valence electrons. The van der Waals surface area contributed by atoms with Crippen molar-refractivity contribution in [2.45, 2.75) is 13.0 Å². The van der Waals surface area contributed by atoms with Crippen molar-refractivity contribution >= 4 is 17.2 Å². The van der Waals surface area contributed by atoms with Crippen LogP contribution in [0.2, 0.25) is 0 Å². The van der Waals surface area contributed by atoms with E-state index in [-0.39, 0.29) is 5.91 Å². The third kappa shape index (κ3) is 2.36. The largest absolute Gasteiger partial charge is 0.497 e. The number of benzene rings is 1. The zero-order chi connectivity index (χ0) is 13.2.